The van der Waals surface area contributed by atoms with Gasteiger partial charge in [-0.05, 0) is 44.9 Å². The van der Waals surface area contributed by atoms with Gasteiger partial charge in [0, 0.05) is 6.54 Å². The highest BCUT2D eigenvalue weighted by Gasteiger charge is 2.34. The molecule has 1 unspecified atom stereocenters. The van der Waals surface area contributed by atoms with Crippen LogP contribution in [-0.2, 0) is 26.1 Å². The van der Waals surface area contributed by atoms with Crippen LogP contribution in [0.25, 0.3) is 0 Å². The summed E-state index contributed by atoms with van der Waals surface area (Å²) in [5.41, 5.74) is 2.44. The van der Waals surface area contributed by atoms with E-state index >= 15 is 0 Å². The summed E-state index contributed by atoms with van der Waals surface area (Å²) in [5.74, 6) is -0.559. The largest absolute Gasteiger partial charge is 0.465 e. The lowest BCUT2D eigenvalue weighted by molar-refractivity contribution is -0.147. The summed E-state index contributed by atoms with van der Waals surface area (Å²) in [6, 6.07) is 13.5. The molecule has 1 atom stereocenters. The van der Waals surface area contributed by atoms with Crippen LogP contribution in [0.3, 0.4) is 0 Å². The molecule has 0 saturated heterocycles. The van der Waals surface area contributed by atoms with E-state index in [0.29, 0.717) is 5.56 Å². The molecule has 2 aromatic carbocycles. The van der Waals surface area contributed by atoms with Crippen LogP contribution in [0.2, 0.25) is 0 Å². The Morgan fingerprint density at radius 3 is 2.35 bits per heavy atom. The molecular weight excluding hydrogens is 350 g/mol. The average molecular weight is 375 g/mol. The lowest BCUT2D eigenvalue weighted by atomic mass is 10.2. The topological polar surface area (TPSA) is 63.7 Å². The van der Waals surface area contributed by atoms with Gasteiger partial charge < -0.3 is 4.74 Å². The first-order valence-corrected chi connectivity index (χ1v) is 10.0. The maximum absolute atomic E-state index is 13.3. The third-order valence-corrected chi connectivity index (χ3v) is 6.23. The summed E-state index contributed by atoms with van der Waals surface area (Å²) in [7, 11) is -3.88. The summed E-state index contributed by atoms with van der Waals surface area (Å²) in [5, 5.41) is 0. The highest BCUT2D eigenvalue weighted by molar-refractivity contribution is 7.89. The first-order chi connectivity index (χ1) is 12.3. The Kier molecular flexibility index (Phi) is 6.56. The van der Waals surface area contributed by atoms with Gasteiger partial charge in [-0.3, -0.25) is 4.79 Å². The maximum atomic E-state index is 13.3. The average Bonchev–Trinajstić information content (AvgIpc) is 2.59. The van der Waals surface area contributed by atoms with Crippen LogP contribution < -0.4 is 0 Å². The van der Waals surface area contributed by atoms with Crippen molar-refractivity contribution in [2.75, 3.05) is 6.61 Å². The lowest BCUT2D eigenvalue weighted by Crippen LogP contribution is -2.43. The number of hydrogen-bond acceptors (Lipinski definition) is 4. The minimum absolute atomic E-state index is 0.0937. The van der Waals surface area contributed by atoms with Crippen LogP contribution in [0.15, 0.2) is 53.4 Å². The number of carbonyl (C=O) groups excluding carboxylic acids is 1. The Labute approximate surface area is 155 Å². The second-order valence-corrected chi connectivity index (χ2v) is 8.09. The zero-order valence-corrected chi connectivity index (χ0v) is 16.4. The third-order valence-electron chi connectivity index (χ3n) is 4.16. The summed E-state index contributed by atoms with van der Waals surface area (Å²) < 4.78 is 32.9. The predicted octanol–water partition coefficient (Wildman–Crippen LogP) is 3.45. The number of rotatable bonds is 7. The molecule has 2 rings (SSSR count). The van der Waals surface area contributed by atoms with Crippen molar-refractivity contribution in [1.82, 2.24) is 4.31 Å². The second kappa shape index (κ2) is 8.47. The molecule has 0 heterocycles. The number of carbonyl (C=O) groups is 1. The molecule has 0 aliphatic heterocycles. The SMILES string of the molecule is CCOC(=O)C(C)N(Cc1ccccc1)S(=O)(=O)c1ccc(C)cc1C. The standard InChI is InChI=1S/C20H25NO4S/c1-5-25-20(22)17(4)21(14-18-9-7-6-8-10-18)26(23,24)19-12-11-15(2)13-16(19)3/h6-13,17H,5,14H2,1-4H3. The first-order valence-electron chi connectivity index (χ1n) is 8.57. The summed E-state index contributed by atoms with van der Waals surface area (Å²) in [6.45, 7) is 7.22. The monoisotopic (exact) mass is 375 g/mol. The fourth-order valence-corrected chi connectivity index (χ4v) is 4.57. The van der Waals surface area contributed by atoms with E-state index in [9.17, 15) is 13.2 Å². The maximum Gasteiger partial charge on any atom is 0.324 e. The van der Waals surface area contributed by atoms with Crippen molar-refractivity contribution >= 4 is 16.0 Å². The molecule has 0 aliphatic carbocycles. The van der Waals surface area contributed by atoms with Crippen molar-refractivity contribution in [2.45, 2.75) is 45.2 Å². The van der Waals surface area contributed by atoms with E-state index in [0.717, 1.165) is 11.1 Å². The predicted molar refractivity (Wildman–Crippen MR) is 101 cm³/mol. The molecule has 0 N–H and O–H groups in total. The molecule has 0 aromatic heterocycles. The van der Waals surface area contributed by atoms with Crippen molar-refractivity contribution < 1.29 is 17.9 Å². The molecule has 0 radical (unpaired) electrons. The van der Waals surface area contributed by atoms with Gasteiger partial charge >= 0.3 is 5.97 Å². The highest BCUT2D eigenvalue weighted by atomic mass is 32.2. The smallest absolute Gasteiger partial charge is 0.324 e. The van der Waals surface area contributed by atoms with Crippen LogP contribution in [0, 0.1) is 13.8 Å². The van der Waals surface area contributed by atoms with Crippen molar-refractivity contribution in [1.29, 1.82) is 0 Å². The van der Waals surface area contributed by atoms with Gasteiger partial charge in [0.2, 0.25) is 10.0 Å². The van der Waals surface area contributed by atoms with Crippen molar-refractivity contribution in [3.63, 3.8) is 0 Å². The van der Waals surface area contributed by atoms with Gasteiger partial charge in [-0.2, -0.15) is 4.31 Å². The van der Waals surface area contributed by atoms with E-state index in [-0.39, 0.29) is 18.0 Å². The molecule has 6 heteroatoms. The van der Waals surface area contributed by atoms with Crippen molar-refractivity contribution in [3.05, 3.63) is 65.2 Å². The van der Waals surface area contributed by atoms with Gasteiger partial charge in [0.25, 0.3) is 0 Å². The number of aryl methyl sites for hydroxylation is 2. The van der Waals surface area contributed by atoms with Crippen LogP contribution in [-0.4, -0.2) is 31.3 Å². The summed E-state index contributed by atoms with van der Waals surface area (Å²) in [6.07, 6.45) is 0. The minimum atomic E-state index is -3.88. The third kappa shape index (κ3) is 4.51. The molecule has 0 fully saturated rings. The number of esters is 1. The molecule has 0 aliphatic rings. The van der Waals surface area contributed by atoms with Gasteiger partial charge in [-0.1, -0.05) is 48.0 Å². The second-order valence-electron chi connectivity index (χ2n) is 6.23. The van der Waals surface area contributed by atoms with E-state index < -0.39 is 22.0 Å². The Morgan fingerprint density at radius 2 is 1.77 bits per heavy atom. The zero-order valence-electron chi connectivity index (χ0n) is 15.6. The van der Waals surface area contributed by atoms with Crippen LogP contribution in [0.1, 0.15) is 30.5 Å². The summed E-state index contributed by atoms with van der Waals surface area (Å²) in [4.78, 5) is 12.5. The van der Waals surface area contributed by atoms with E-state index in [1.54, 1.807) is 32.9 Å². The zero-order chi connectivity index (χ0) is 19.3. The number of hydrogen-bond donors (Lipinski definition) is 0. The molecular formula is C20H25NO4S. The fourth-order valence-electron chi connectivity index (χ4n) is 2.79. The molecule has 0 spiro atoms. The van der Waals surface area contributed by atoms with Crippen molar-refractivity contribution in [3.8, 4) is 0 Å². The van der Waals surface area contributed by atoms with E-state index in [1.807, 2.05) is 43.3 Å². The van der Waals surface area contributed by atoms with Crippen LogP contribution in [0.5, 0.6) is 0 Å². The van der Waals surface area contributed by atoms with E-state index in [4.69, 9.17) is 4.74 Å². The quantitative estimate of drug-likeness (QED) is 0.696. The van der Waals surface area contributed by atoms with E-state index in [1.165, 1.54) is 4.31 Å². The van der Waals surface area contributed by atoms with E-state index in [2.05, 4.69) is 0 Å². The van der Waals surface area contributed by atoms with Crippen LogP contribution >= 0.6 is 0 Å². The number of sulfonamides is 1. The normalized spacial score (nSPS) is 12.8. The van der Waals surface area contributed by atoms with Gasteiger partial charge in [0.15, 0.2) is 0 Å². The number of nitrogens with zero attached hydrogens (tertiary/aromatic N) is 1. The van der Waals surface area contributed by atoms with Gasteiger partial charge in [0.05, 0.1) is 11.5 Å². The van der Waals surface area contributed by atoms with Gasteiger partial charge in [0.1, 0.15) is 6.04 Å². The fraction of sp³-hybridized carbons (Fsp3) is 0.350. The Balaban J connectivity index is 2.49. The van der Waals surface area contributed by atoms with Crippen molar-refractivity contribution in [2.24, 2.45) is 0 Å². The Bertz CT molecular complexity index is 863. The minimum Gasteiger partial charge on any atom is -0.465 e. The van der Waals surface area contributed by atoms with Gasteiger partial charge in [-0.25, -0.2) is 8.42 Å². The molecule has 140 valence electrons. The van der Waals surface area contributed by atoms with Gasteiger partial charge in [-0.15, -0.1) is 0 Å². The Hall–Kier alpha value is -2.18. The van der Waals surface area contributed by atoms with Crippen LogP contribution in [0.4, 0.5) is 0 Å². The molecule has 5 nitrogen and oxygen atoms in total. The molecule has 0 bridgehead atoms. The summed E-state index contributed by atoms with van der Waals surface area (Å²) >= 11 is 0. The number of ether oxygens (including phenoxy) is 1. The highest BCUT2D eigenvalue weighted by Crippen LogP contribution is 2.25. The molecule has 0 amide bonds. The lowest BCUT2D eigenvalue weighted by Gasteiger charge is -2.27. The first kappa shape index (κ1) is 20.1. The molecule has 2 aromatic rings. The Morgan fingerprint density at radius 1 is 1.12 bits per heavy atom. The number of benzene rings is 2. The molecule has 26 heavy (non-hydrogen) atoms. The molecule has 0 saturated carbocycles.